The summed E-state index contributed by atoms with van der Waals surface area (Å²) in [5.74, 6) is 0. The van der Waals surface area contributed by atoms with Crippen LogP contribution < -0.4 is 0 Å². The highest BCUT2D eigenvalue weighted by molar-refractivity contribution is 6.46. The lowest BCUT2D eigenvalue weighted by molar-refractivity contribution is 0.0294. The Morgan fingerprint density at radius 1 is 0.933 bits per heavy atom. The van der Waals surface area contributed by atoms with Crippen LogP contribution in [0.15, 0.2) is 0 Å². The Kier molecular flexibility index (Phi) is 5.51. The van der Waals surface area contributed by atoms with Gasteiger partial charge in [0.2, 0.25) is 0 Å². The van der Waals surface area contributed by atoms with Crippen LogP contribution in [0.5, 0.6) is 0 Å². The summed E-state index contributed by atoms with van der Waals surface area (Å²) in [6.45, 7) is 17.0. The first-order valence-corrected chi connectivity index (χ1v) is 7.52. The van der Waals surface area contributed by atoms with Gasteiger partial charge in [0.25, 0.3) is 0 Å². The van der Waals surface area contributed by atoms with Crippen molar-refractivity contribution < 1.29 is 8.85 Å². The van der Waals surface area contributed by atoms with Crippen LogP contribution in [0.4, 0.5) is 0 Å². The number of hydrogen-bond donors (Lipinski definition) is 0. The van der Waals surface area contributed by atoms with Crippen molar-refractivity contribution in [2.24, 2.45) is 0 Å². The van der Waals surface area contributed by atoms with Crippen LogP contribution in [0, 0.1) is 0 Å². The summed E-state index contributed by atoms with van der Waals surface area (Å²) in [5.41, 5.74) is 0.375. The highest BCUT2D eigenvalue weighted by atomic mass is 28.3. The van der Waals surface area contributed by atoms with Gasteiger partial charge in [-0.3, -0.25) is 0 Å². The van der Waals surface area contributed by atoms with Gasteiger partial charge in [-0.1, -0.05) is 20.3 Å². The molecule has 0 N–H and O–H groups in total. The first-order valence-electron chi connectivity index (χ1n) is 5.91. The minimum Gasteiger partial charge on any atom is -0.391 e. The predicted molar refractivity (Wildman–Crippen MR) is 68.5 cm³/mol. The lowest BCUT2D eigenvalue weighted by Gasteiger charge is -2.34. The maximum absolute atomic E-state index is 6.08. The molecular weight excluding hydrogens is 204 g/mol. The second-order valence-electron chi connectivity index (χ2n) is 6.21. The Hall–Kier alpha value is 0.137. The van der Waals surface area contributed by atoms with Crippen LogP contribution in [0.2, 0.25) is 5.54 Å². The van der Waals surface area contributed by atoms with Gasteiger partial charge in [-0.2, -0.15) is 0 Å². The zero-order valence-electron chi connectivity index (χ0n) is 11.7. The first kappa shape index (κ1) is 15.1. The molecule has 0 saturated carbocycles. The fourth-order valence-electron chi connectivity index (χ4n) is 1.15. The molecule has 0 aromatic rings. The van der Waals surface area contributed by atoms with Gasteiger partial charge in [0.05, 0.1) is 0 Å². The van der Waals surface area contributed by atoms with Gasteiger partial charge in [0.15, 0.2) is 0 Å². The van der Waals surface area contributed by atoms with Crippen molar-refractivity contribution in [3.63, 3.8) is 0 Å². The van der Waals surface area contributed by atoms with E-state index in [0.29, 0.717) is 5.54 Å². The molecule has 0 aliphatic rings. The molecule has 15 heavy (non-hydrogen) atoms. The predicted octanol–water partition coefficient (Wildman–Crippen LogP) is 3.64. The van der Waals surface area contributed by atoms with Crippen LogP contribution in [0.1, 0.15) is 61.8 Å². The molecule has 0 aromatic heterocycles. The first-order chi connectivity index (χ1) is 6.55. The van der Waals surface area contributed by atoms with Crippen LogP contribution >= 0.6 is 0 Å². The fourth-order valence-corrected chi connectivity index (χ4v) is 3.44. The molecular formula is C12H28O2Si. The standard InChI is InChI=1S/C12H28O2Si/c1-9-10(2)15(13-11(3,4)5)14-12(6,7)8/h10,15H,9H2,1-8H3. The maximum atomic E-state index is 6.08. The third kappa shape index (κ3) is 8.00. The van der Waals surface area contributed by atoms with Crippen LogP contribution in [-0.4, -0.2) is 20.5 Å². The molecule has 0 rings (SSSR count). The molecule has 0 spiro atoms. The van der Waals surface area contributed by atoms with E-state index >= 15 is 0 Å². The van der Waals surface area contributed by atoms with Crippen LogP contribution in [0.3, 0.4) is 0 Å². The van der Waals surface area contributed by atoms with Crippen molar-refractivity contribution in [2.45, 2.75) is 78.6 Å². The summed E-state index contributed by atoms with van der Waals surface area (Å²) in [7, 11) is -1.58. The van der Waals surface area contributed by atoms with Crippen LogP contribution in [0.25, 0.3) is 0 Å². The SMILES string of the molecule is CCC(C)[SiH](OC(C)(C)C)OC(C)(C)C. The third-order valence-electron chi connectivity index (χ3n) is 2.05. The molecule has 0 radical (unpaired) electrons. The Labute approximate surface area is 97.2 Å². The summed E-state index contributed by atoms with van der Waals surface area (Å²) < 4.78 is 12.2. The molecule has 1 atom stereocenters. The lowest BCUT2D eigenvalue weighted by Crippen LogP contribution is -2.41. The summed E-state index contributed by atoms with van der Waals surface area (Å²) in [6, 6.07) is 0. The van der Waals surface area contributed by atoms with Crippen molar-refractivity contribution >= 4 is 9.28 Å². The fraction of sp³-hybridized carbons (Fsp3) is 1.00. The highest BCUT2D eigenvalue weighted by Crippen LogP contribution is 2.24. The second kappa shape index (κ2) is 5.46. The molecule has 0 saturated heterocycles. The lowest BCUT2D eigenvalue weighted by atomic mass is 10.2. The van der Waals surface area contributed by atoms with E-state index in [0.717, 1.165) is 6.42 Å². The molecule has 0 aliphatic heterocycles. The Morgan fingerprint density at radius 2 is 1.27 bits per heavy atom. The molecule has 0 aromatic carbocycles. The van der Waals surface area contributed by atoms with E-state index in [1.54, 1.807) is 0 Å². The summed E-state index contributed by atoms with van der Waals surface area (Å²) in [4.78, 5) is 0. The van der Waals surface area contributed by atoms with Crippen molar-refractivity contribution in [1.29, 1.82) is 0 Å². The van der Waals surface area contributed by atoms with Gasteiger partial charge in [-0.15, -0.1) is 0 Å². The van der Waals surface area contributed by atoms with E-state index in [4.69, 9.17) is 8.85 Å². The second-order valence-corrected chi connectivity index (χ2v) is 8.56. The van der Waals surface area contributed by atoms with Crippen molar-refractivity contribution in [1.82, 2.24) is 0 Å². The molecule has 92 valence electrons. The zero-order valence-corrected chi connectivity index (χ0v) is 12.8. The van der Waals surface area contributed by atoms with E-state index in [1.165, 1.54) is 0 Å². The third-order valence-corrected chi connectivity index (χ3v) is 5.33. The van der Waals surface area contributed by atoms with Crippen molar-refractivity contribution in [3.05, 3.63) is 0 Å². The summed E-state index contributed by atoms with van der Waals surface area (Å²) in [6.07, 6.45) is 1.13. The monoisotopic (exact) mass is 232 g/mol. The van der Waals surface area contributed by atoms with Gasteiger partial charge in [0.1, 0.15) is 0 Å². The smallest absolute Gasteiger partial charge is 0.325 e. The highest BCUT2D eigenvalue weighted by Gasteiger charge is 2.30. The molecule has 0 bridgehead atoms. The zero-order chi connectivity index (χ0) is 12.3. The number of rotatable bonds is 4. The molecule has 3 heteroatoms. The normalized spacial score (nSPS) is 15.8. The quantitative estimate of drug-likeness (QED) is 0.689. The Morgan fingerprint density at radius 3 is 1.47 bits per heavy atom. The van der Waals surface area contributed by atoms with Crippen molar-refractivity contribution in [3.8, 4) is 0 Å². The van der Waals surface area contributed by atoms with Gasteiger partial charge in [0, 0.05) is 11.2 Å². The van der Waals surface area contributed by atoms with Gasteiger partial charge in [-0.05, 0) is 47.1 Å². The van der Waals surface area contributed by atoms with E-state index in [-0.39, 0.29) is 11.2 Å². The molecule has 0 amide bonds. The van der Waals surface area contributed by atoms with E-state index in [2.05, 4.69) is 55.4 Å². The van der Waals surface area contributed by atoms with Crippen molar-refractivity contribution in [2.75, 3.05) is 0 Å². The summed E-state index contributed by atoms with van der Waals surface area (Å²) in [5, 5.41) is 0. The van der Waals surface area contributed by atoms with Gasteiger partial charge in [-0.25, -0.2) is 0 Å². The molecule has 2 nitrogen and oxygen atoms in total. The van der Waals surface area contributed by atoms with E-state index in [1.807, 2.05) is 0 Å². The Bertz CT molecular complexity index is 163. The molecule has 0 heterocycles. The van der Waals surface area contributed by atoms with Crippen LogP contribution in [-0.2, 0) is 8.85 Å². The number of hydrogen-bond acceptors (Lipinski definition) is 2. The Balaban J connectivity index is 4.46. The molecule has 0 fully saturated rings. The maximum Gasteiger partial charge on any atom is 0.325 e. The largest absolute Gasteiger partial charge is 0.391 e. The summed E-state index contributed by atoms with van der Waals surface area (Å²) >= 11 is 0. The minimum absolute atomic E-state index is 0.0917. The molecule has 0 aliphatic carbocycles. The molecule has 1 unspecified atom stereocenters. The topological polar surface area (TPSA) is 18.5 Å². The average Bonchev–Trinajstić information content (AvgIpc) is 1.96. The average molecular weight is 232 g/mol. The van der Waals surface area contributed by atoms with E-state index in [9.17, 15) is 0 Å². The van der Waals surface area contributed by atoms with E-state index < -0.39 is 9.28 Å². The van der Waals surface area contributed by atoms with Gasteiger partial charge >= 0.3 is 9.28 Å². The van der Waals surface area contributed by atoms with Gasteiger partial charge < -0.3 is 8.85 Å². The minimum atomic E-state index is -1.58.